The fourth-order valence-corrected chi connectivity index (χ4v) is 3.21. The molecule has 0 bridgehead atoms. The quantitative estimate of drug-likeness (QED) is 0.741. The van der Waals surface area contributed by atoms with Crippen LogP contribution < -0.4 is 5.32 Å². The van der Waals surface area contributed by atoms with Crippen molar-refractivity contribution in [1.82, 2.24) is 10.2 Å². The summed E-state index contributed by atoms with van der Waals surface area (Å²) in [5, 5.41) is 3.41. The lowest BCUT2D eigenvalue weighted by molar-refractivity contribution is -0.140. The number of carbonyl (C=O) groups excluding carboxylic acids is 2. The van der Waals surface area contributed by atoms with Crippen molar-refractivity contribution < 1.29 is 9.59 Å². The zero-order valence-electron chi connectivity index (χ0n) is 16.2. The predicted octanol–water partition coefficient (Wildman–Crippen LogP) is 4.13. The maximum absolute atomic E-state index is 13.1. The summed E-state index contributed by atoms with van der Waals surface area (Å²) in [6.07, 6.45) is 0.716. The molecule has 0 spiro atoms. The number of rotatable bonds is 8. The molecule has 0 saturated heterocycles. The van der Waals surface area contributed by atoms with E-state index >= 15 is 0 Å². The molecule has 0 unspecified atom stereocenters. The Morgan fingerprint density at radius 1 is 1.07 bits per heavy atom. The number of hydrogen-bond donors (Lipinski definition) is 1. The van der Waals surface area contributed by atoms with Gasteiger partial charge in [-0.05, 0) is 37.5 Å². The minimum Gasteiger partial charge on any atom is -0.355 e. The van der Waals surface area contributed by atoms with E-state index < -0.39 is 6.04 Å². The van der Waals surface area contributed by atoms with Crippen molar-refractivity contribution >= 4 is 23.4 Å². The van der Waals surface area contributed by atoms with Gasteiger partial charge in [-0.2, -0.15) is 0 Å². The van der Waals surface area contributed by atoms with Gasteiger partial charge in [0.25, 0.3) is 0 Å². The van der Waals surface area contributed by atoms with E-state index in [2.05, 4.69) is 5.32 Å². The Labute approximate surface area is 166 Å². The minimum absolute atomic E-state index is 0.109. The van der Waals surface area contributed by atoms with Gasteiger partial charge in [0.05, 0.1) is 6.42 Å². The van der Waals surface area contributed by atoms with E-state index in [0.717, 1.165) is 16.7 Å². The van der Waals surface area contributed by atoms with Crippen LogP contribution in [-0.4, -0.2) is 29.3 Å². The summed E-state index contributed by atoms with van der Waals surface area (Å²) in [7, 11) is 0. The van der Waals surface area contributed by atoms with Crippen LogP contribution in [0, 0.1) is 6.92 Å². The molecule has 0 aliphatic heterocycles. The SMILES string of the molecule is CCNC(=O)[C@@H](CC)N(Cc1ccc(C)cc1)C(=O)Cc1ccccc1Cl. The normalized spacial score (nSPS) is 11.7. The Kier molecular flexibility index (Phi) is 7.86. The molecule has 2 amide bonds. The molecule has 2 rings (SSSR count). The third kappa shape index (κ3) is 5.83. The molecule has 0 aromatic heterocycles. The molecule has 0 saturated carbocycles. The van der Waals surface area contributed by atoms with Crippen molar-refractivity contribution in [3.05, 3.63) is 70.2 Å². The fraction of sp³-hybridized carbons (Fsp3) is 0.364. The summed E-state index contributed by atoms with van der Waals surface area (Å²) in [6.45, 7) is 6.74. The van der Waals surface area contributed by atoms with Crippen molar-refractivity contribution in [2.24, 2.45) is 0 Å². The number of carbonyl (C=O) groups is 2. The van der Waals surface area contributed by atoms with Crippen LogP contribution in [0.25, 0.3) is 0 Å². The molecule has 1 N–H and O–H groups in total. The Hall–Kier alpha value is -2.33. The molecular weight excluding hydrogens is 360 g/mol. The zero-order valence-corrected chi connectivity index (χ0v) is 16.9. The topological polar surface area (TPSA) is 49.4 Å². The summed E-state index contributed by atoms with van der Waals surface area (Å²) < 4.78 is 0. The highest BCUT2D eigenvalue weighted by molar-refractivity contribution is 6.31. The van der Waals surface area contributed by atoms with Crippen molar-refractivity contribution in [2.75, 3.05) is 6.54 Å². The standard InChI is InChI=1S/C22H27ClN2O2/c1-4-20(22(27)24-5-2)25(15-17-12-10-16(3)11-13-17)21(26)14-18-8-6-7-9-19(18)23/h6-13,20H,4-5,14-15H2,1-3H3,(H,24,27)/t20-/m1/s1. The highest BCUT2D eigenvalue weighted by Crippen LogP contribution is 2.19. The van der Waals surface area contributed by atoms with Gasteiger partial charge in [-0.25, -0.2) is 0 Å². The van der Waals surface area contributed by atoms with Crippen molar-refractivity contribution in [2.45, 2.75) is 46.2 Å². The number of likely N-dealkylation sites (N-methyl/N-ethyl adjacent to an activating group) is 1. The van der Waals surface area contributed by atoms with Gasteiger partial charge in [-0.1, -0.05) is 66.6 Å². The first-order valence-electron chi connectivity index (χ1n) is 9.32. The molecule has 0 radical (unpaired) electrons. The Bertz CT molecular complexity index is 774. The number of hydrogen-bond acceptors (Lipinski definition) is 2. The number of benzene rings is 2. The fourth-order valence-electron chi connectivity index (χ4n) is 3.01. The van der Waals surface area contributed by atoms with Crippen LogP contribution in [0.5, 0.6) is 0 Å². The summed E-state index contributed by atoms with van der Waals surface area (Å²) in [4.78, 5) is 27.4. The smallest absolute Gasteiger partial charge is 0.242 e. The van der Waals surface area contributed by atoms with Gasteiger partial charge in [0.2, 0.25) is 11.8 Å². The average Bonchev–Trinajstić information content (AvgIpc) is 2.65. The summed E-state index contributed by atoms with van der Waals surface area (Å²) in [5.74, 6) is -0.235. The van der Waals surface area contributed by atoms with E-state index in [-0.39, 0.29) is 18.2 Å². The molecular formula is C22H27ClN2O2. The van der Waals surface area contributed by atoms with Crippen LogP contribution >= 0.6 is 11.6 Å². The van der Waals surface area contributed by atoms with Crippen LogP contribution in [-0.2, 0) is 22.6 Å². The zero-order chi connectivity index (χ0) is 19.8. The van der Waals surface area contributed by atoms with Gasteiger partial charge in [0, 0.05) is 18.1 Å². The molecule has 0 heterocycles. The molecule has 2 aromatic rings. The molecule has 5 heteroatoms. The average molecular weight is 387 g/mol. The monoisotopic (exact) mass is 386 g/mol. The molecule has 4 nitrogen and oxygen atoms in total. The Morgan fingerprint density at radius 2 is 1.74 bits per heavy atom. The van der Waals surface area contributed by atoms with E-state index in [0.29, 0.717) is 24.5 Å². The van der Waals surface area contributed by atoms with Crippen LogP contribution in [0.1, 0.15) is 37.0 Å². The summed E-state index contributed by atoms with van der Waals surface area (Å²) in [5.41, 5.74) is 2.92. The van der Waals surface area contributed by atoms with Crippen LogP contribution in [0.15, 0.2) is 48.5 Å². The third-order valence-electron chi connectivity index (χ3n) is 4.51. The highest BCUT2D eigenvalue weighted by atomic mass is 35.5. The van der Waals surface area contributed by atoms with Crippen molar-refractivity contribution in [1.29, 1.82) is 0 Å². The first-order chi connectivity index (χ1) is 13.0. The minimum atomic E-state index is -0.513. The molecule has 2 aromatic carbocycles. The van der Waals surface area contributed by atoms with E-state index in [9.17, 15) is 9.59 Å². The number of halogens is 1. The first-order valence-corrected chi connectivity index (χ1v) is 9.70. The van der Waals surface area contributed by atoms with Gasteiger partial charge >= 0.3 is 0 Å². The van der Waals surface area contributed by atoms with Gasteiger partial charge in [0.1, 0.15) is 6.04 Å². The first kappa shape index (κ1) is 21.0. The van der Waals surface area contributed by atoms with E-state index in [1.54, 1.807) is 11.0 Å². The van der Waals surface area contributed by atoms with E-state index in [1.165, 1.54) is 0 Å². The Balaban J connectivity index is 2.29. The van der Waals surface area contributed by atoms with Crippen molar-refractivity contribution in [3.8, 4) is 0 Å². The molecule has 0 fully saturated rings. The molecule has 27 heavy (non-hydrogen) atoms. The largest absolute Gasteiger partial charge is 0.355 e. The third-order valence-corrected chi connectivity index (χ3v) is 4.88. The summed E-state index contributed by atoms with van der Waals surface area (Å²) in [6, 6.07) is 14.8. The Morgan fingerprint density at radius 3 is 2.33 bits per heavy atom. The molecule has 144 valence electrons. The summed E-state index contributed by atoms with van der Waals surface area (Å²) >= 11 is 6.23. The van der Waals surface area contributed by atoms with Gasteiger partial charge in [-0.15, -0.1) is 0 Å². The molecule has 0 aliphatic carbocycles. The predicted molar refractivity (Wildman–Crippen MR) is 110 cm³/mol. The lowest BCUT2D eigenvalue weighted by Gasteiger charge is -2.30. The lowest BCUT2D eigenvalue weighted by Crippen LogP contribution is -2.49. The van der Waals surface area contributed by atoms with Crippen LogP contribution in [0.4, 0.5) is 0 Å². The second kappa shape index (κ2) is 10.1. The van der Waals surface area contributed by atoms with E-state index in [1.807, 2.05) is 63.2 Å². The van der Waals surface area contributed by atoms with Crippen molar-refractivity contribution in [3.63, 3.8) is 0 Å². The lowest BCUT2D eigenvalue weighted by atomic mass is 10.1. The second-order valence-electron chi connectivity index (χ2n) is 6.59. The second-order valence-corrected chi connectivity index (χ2v) is 7.00. The molecule has 1 atom stereocenters. The van der Waals surface area contributed by atoms with Gasteiger partial charge < -0.3 is 10.2 Å². The maximum Gasteiger partial charge on any atom is 0.242 e. The van der Waals surface area contributed by atoms with Gasteiger partial charge in [-0.3, -0.25) is 9.59 Å². The number of amides is 2. The van der Waals surface area contributed by atoms with Gasteiger partial charge in [0.15, 0.2) is 0 Å². The van der Waals surface area contributed by atoms with E-state index in [4.69, 9.17) is 11.6 Å². The number of nitrogens with zero attached hydrogens (tertiary/aromatic N) is 1. The maximum atomic E-state index is 13.1. The van der Waals surface area contributed by atoms with Crippen LogP contribution in [0.2, 0.25) is 5.02 Å². The number of nitrogens with one attached hydrogen (secondary N) is 1. The number of aryl methyl sites for hydroxylation is 1. The molecule has 0 aliphatic rings. The van der Waals surface area contributed by atoms with Crippen LogP contribution in [0.3, 0.4) is 0 Å². The highest BCUT2D eigenvalue weighted by Gasteiger charge is 2.28.